The Labute approximate surface area is 219 Å². The van der Waals surface area contributed by atoms with Crippen LogP contribution in [0.5, 0.6) is 0 Å². The summed E-state index contributed by atoms with van der Waals surface area (Å²) < 4.78 is 25.6. The van der Waals surface area contributed by atoms with E-state index in [-0.39, 0.29) is 31.0 Å². The first-order valence-electron chi connectivity index (χ1n) is 12.4. The highest BCUT2D eigenvalue weighted by Crippen LogP contribution is 2.36. The quantitative estimate of drug-likeness (QED) is 0.310. The first-order valence-corrected chi connectivity index (χ1v) is 12.4. The lowest BCUT2D eigenvalue weighted by atomic mass is 9.91. The molecule has 1 aliphatic heterocycles. The first-order chi connectivity index (χ1) is 18.3. The van der Waals surface area contributed by atoms with E-state index in [1.54, 1.807) is 31.3 Å². The largest absolute Gasteiger partial charge is 0.352 e. The van der Waals surface area contributed by atoms with Gasteiger partial charge in [0.25, 0.3) is 0 Å². The van der Waals surface area contributed by atoms with Crippen LogP contribution in [0.25, 0.3) is 22.6 Å². The van der Waals surface area contributed by atoms with Gasteiger partial charge in [-0.15, -0.1) is 0 Å². The number of amides is 1. The molecule has 5 rings (SSSR count). The van der Waals surface area contributed by atoms with Crippen LogP contribution in [0.15, 0.2) is 66.9 Å². The van der Waals surface area contributed by atoms with Gasteiger partial charge < -0.3 is 25.1 Å². The number of H-pyrrole nitrogens is 1. The van der Waals surface area contributed by atoms with Gasteiger partial charge in [0.2, 0.25) is 18.1 Å². The highest BCUT2D eigenvalue weighted by molar-refractivity contribution is 5.95. The van der Waals surface area contributed by atoms with Crippen molar-refractivity contribution in [2.75, 3.05) is 23.8 Å². The van der Waals surface area contributed by atoms with Crippen LogP contribution in [0.2, 0.25) is 0 Å². The molecule has 38 heavy (non-hydrogen) atoms. The number of aromatic amines is 1. The summed E-state index contributed by atoms with van der Waals surface area (Å²) in [4.78, 5) is 29.9. The molecule has 4 aromatic rings. The van der Waals surface area contributed by atoms with Gasteiger partial charge in [-0.2, -0.15) is 0 Å². The maximum absolute atomic E-state index is 13.6. The van der Waals surface area contributed by atoms with Crippen molar-refractivity contribution >= 4 is 17.5 Å². The summed E-state index contributed by atoms with van der Waals surface area (Å²) in [6.45, 7) is 6.06. The Kier molecular flexibility index (Phi) is 7.17. The lowest BCUT2D eigenvalue weighted by Gasteiger charge is -2.35. The second kappa shape index (κ2) is 10.7. The van der Waals surface area contributed by atoms with Crippen LogP contribution in [-0.4, -0.2) is 45.1 Å². The van der Waals surface area contributed by atoms with Crippen LogP contribution in [0.1, 0.15) is 32.9 Å². The van der Waals surface area contributed by atoms with Gasteiger partial charge in [-0.25, -0.2) is 19.3 Å². The van der Waals surface area contributed by atoms with Gasteiger partial charge in [0, 0.05) is 23.5 Å². The fourth-order valence-electron chi connectivity index (χ4n) is 4.03. The van der Waals surface area contributed by atoms with E-state index in [2.05, 4.69) is 25.6 Å². The van der Waals surface area contributed by atoms with Crippen molar-refractivity contribution in [1.29, 1.82) is 0 Å². The average molecular weight is 517 g/mol. The topological polar surface area (TPSA) is 114 Å². The highest BCUT2D eigenvalue weighted by atomic mass is 19.1. The number of benzene rings is 2. The van der Waals surface area contributed by atoms with Gasteiger partial charge in [0.1, 0.15) is 5.82 Å². The van der Waals surface area contributed by atoms with Crippen LogP contribution < -0.4 is 10.6 Å². The maximum atomic E-state index is 13.6. The van der Waals surface area contributed by atoms with Crippen molar-refractivity contribution in [1.82, 2.24) is 19.9 Å². The third kappa shape index (κ3) is 5.56. The summed E-state index contributed by atoms with van der Waals surface area (Å²) in [5.74, 6) is 0.356. The van der Waals surface area contributed by atoms with Gasteiger partial charge in [-0.3, -0.25) is 4.79 Å². The van der Waals surface area contributed by atoms with Gasteiger partial charge in [-0.05, 0) is 63.2 Å². The number of carbonyl (C=O) groups is 1. The molecule has 1 saturated heterocycles. The molecule has 0 spiro atoms. The molecule has 1 amide bonds. The highest BCUT2D eigenvalue weighted by Gasteiger charge is 2.41. The summed E-state index contributed by atoms with van der Waals surface area (Å²) in [6.07, 6.45) is 0.836. The number of hydrogen-bond acceptors (Lipinski definition) is 7. The van der Waals surface area contributed by atoms with E-state index in [1.165, 1.54) is 12.1 Å². The Hall–Kier alpha value is -4.15. The maximum Gasteiger partial charge on any atom is 0.234 e. The van der Waals surface area contributed by atoms with Crippen molar-refractivity contribution in [3.63, 3.8) is 0 Å². The summed E-state index contributed by atoms with van der Waals surface area (Å²) in [5, 5.41) is 6.11. The standard InChI is InChI=1S/C28H29FN6O3/c1-17(2)31-27-30-14-13-21(33-27)23-22(18-9-11-19(29)12-10-18)34-24(35-23)25-37-15-28(3,16-38-25)26(36)32-20-7-5-4-6-8-20/h4-14,17,25H,15-16H2,1-3H3,(H,32,36)(H,34,35)(H,30,31,33). The zero-order valence-corrected chi connectivity index (χ0v) is 21.4. The van der Waals surface area contributed by atoms with E-state index in [4.69, 9.17) is 14.5 Å². The SMILES string of the molecule is CC(C)Nc1nccc(-c2[nH]c(C3OCC(C)(C(=O)Nc4ccccc4)CO3)nc2-c2ccc(F)cc2)n1. The van der Waals surface area contributed by atoms with Crippen LogP contribution in [0.3, 0.4) is 0 Å². The van der Waals surface area contributed by atoms with Crippen LogP contribution in [0, 0.1) is 11.2 Å². The molecule has 9 nitrogen and oxygen atoms in total. The van der Waals surface area contributed by atoms with E-state index < -0.39 is 11.7 Å². The summed E-state index contributed by atoms with van der Waals surface area (Å²) in [6, 6.07) is 17.2. The number of hydrogen-bond donors (Lipinski definition) is 3. The lowest BCUT2D eigenvalue weighted by Crippen LogP contribution is -2.45. The summed E-state index contributed by atoms with van der Waals surface area (Å²) in [7, 11) is 0. The van der Waals surface area contributed by atoms with Gasteiger partial charge in [0.05, 0.1) is 35.7 Å². The lowest BCUT2D eigenvalue weighted by molar-refractivity contribution is -0.229. The molecule has 0 bridgehead atoms. The summed E-state index contributed by atoms with van der Waals surface area (Å²) >= 11 is 0. The number of imidazole rings is 1. The molecule has 2 aromatic heterocycles. The molecule has 3 N–H and O–H groups in total. The van der Waals surface area contributed by atoms with Gasteiger partial charge >= 0.3 is 0 Å². The van der Waals surface area contributed by atoms with E-state index in [1.807, 2.05) is 44.2 Å². The minimum atomic E-state index is -0.883. The number of rotatable bonds is 7. The molecule has 0 saturated carbocycles. The van der Waals surface area contributed by atoms with E-state index in [0.29, 0.717) is 40.1 Å². The van der Waals surface area contributed by atoms with Crippen molar-refractivity contribution < 1.29 is 18.7 Å². The van der Waals surface area contributed by atoms with Crippen molar-refractivity contribution in [3.8, 4) is 22.6 Å². The number of halogens is 1. The smallest absolute Gasteiger partial charge is 0.234 e. The molecular formula is C28H29FN6O3. The zero-order chi connectivity index (χ0) is 26.7. The molecule has 1 aliphatic rings. The predicted molar refractivity (Wildman–Crippen MR) is 142 cm³/mol. The van der Waals surface area contributed by atoms with Crippen LogP contribution in [0.4, 0.5) is 16.0 Å². The fraction of sp³-hybridized carbons (Fsp3) is 0.286. The molecule has 0 radical (unpaired) electrons. The normalized spacial score (nSPS) is 19.3. The molecule has 1 fully saturated rings. The third-order valence-electron chi connectivity index (χ3n) is 6.08. The predicted octanol–water partition coefficient (Wildman–Crippen LogP) is 5.18. The molecule has 3 heterocycles. The fourth-order valence-corrected chi connectivity index (χ4v) is 4.03. The number of carbonyl (C=O) groups excluding carboxylic acids is 1. The Morgan fingerprint density at radius 1 is 1.05 bits per heavy atom. The average Bonchev–Trinajstić information content (AvgIpc) is 3.35. The first kappa shape index (κ1) is 25.5. The minimum absolute atomic E-state index is 0.133. The molecule has 10 heteroatoms. The number of aromatic nitrogens is 4. The van der Waals surface area contributed by atoms with Crippen LogP contribution in [-0.2, 0) is 14.3 Å². The van der Waals surface area contributed by atoms with Crippen molar-refractivity contribution in [2.24, 2.45) is 5.41 Å². The molecule has 196 valence electrons. The molecule has 0 aliphatic carbocycles. The molecule has 0 atom stereocenters. The van der Waals surface area contributed by atoms with Crippen molar-refractivity contribution in [3.05, 3.63) is 78.5 Å². The Morgan fingerprint density at radius 3 is 2.45 bits per heavy atom. The van der Waals surface area contributed by atoms with Gasteiger partial charge in [-0.1, -0.05) is 18.2 Å². The van der Waals surface area contributed by atoms with Gasteiger partial charge in [0.15, 0.2) is 5.82 Å². The van der Waals surface area contributed by atoms with Crippen molar-refractivity contribution in [2.45, 2.75) is 33.1 Å². The molecule has 0 unspecified atom stereocenters. The number of para-hydroxylation sites is 1. The monoisotopic (exact) mass is 516 g/mol. The molecule has 2 aromatic carbocycles. The minimum Gasteiger partial charge on any atom is -0.352 e. The number of nitrogens with zero attached hydrogens (tertiary/aromatic N) is 3. The second-order valence-electron chi connectivity index (χ2n) is 9.75. The molecular weight excluding hydrogens is 487 g/mol. The third-order valence-corrected chi connectivity index (χ3v) is 6.08. The van der Waals surface area contributed by atoms with E-state index >= 15 is 0 Å². The number of anilines is 2. The Bertz CT molecular complexity index is 1400. The van der Waals surface area contributed by atoms with E-state index in [0.717, 1.165) is 0 Å². The Morgan fingerprint density at radius 2 is 1.76 bits per heavy atom. The summed E-state index contributed by atoms with van der Waals surface area (Å²) in [5.41, 5.74) is 2.30. The number of nitrogens with one attached hydrogen (secondary N) is 3. The van der Waals surface area contributed by atoms with E-state index in [9.17, 15) is 9.18 Å². The zero-order valence-electron chi connectivity index (χ0n) is 21.4. The Balaban J connectivity index is 1.40. The number of ether oxygens (including phenoxy) is 2. The second-order valence-corrected chi connectivity index (χ2v) is 9.75. The van der Waals surface area contributed by atoms with Crippen LogP contribution >= 0.6 is 0 Å².